The van der Waals surface area contributed by atoms with Crippen LogP contribution in [0.4, 0.5) is 14.5 Å². The van der Waals surface area contributed by atoms with Gasteiger partial charge in [0.05, 0.1) is 0 Å². The zero-order valence-electron chi connectivity index (χ0n) is 13.1. The number of carbonyl (C=O) groups excluding carboxylic acids is 1. The van der Waals surface area contributed by atoms with E-state index < -0.39 is 23.1 Å². The van der Waals surface area contributed by atoms with Crippen LogP contribution in [-0.4, -0.2) is 23.2 Å². The third kappa shape index (κ3) is 4.50. The van der Waals surface area contributed by atoms with Gasteiger partial charge >= 0.3 is 0 Å². The number of hydrogen-bond donors (Lipinski definition) is 3. The average molecular weight is 336 g/mol. The van der Waals surface area contributed by atoms with Crippen LogP contribution in [0.15, 0.2) is 42.5 Å². The molecule has 128 valence electrons. The number of hydrogen-bond acceptors (Lipinski definition) is 4. The summed E-state index contributed by atoms with van der Waals surface area (Å²) in [5, 5.41) is 12.7. The van der Waals surface area contributed by atoms with E-state index in [1.807, 2.05) is 0 Å². The van der Waals surface area contributed by atoms with E-state index in [4.69, 9.17) is 10.5 Å². The third-order valence-corrected chi connectivity index (χ3v) is 3.35. The lowest BCUT2D eigenvalue weighted by molar-refractivity contribution is -0.135. The SMILES string of the molecule is CC(O)(COc1ccc(F)cc1)C(=O)Nc1ccc(F)c(CN)c1. The molecule has 0 aliphatic carbocycles. The molecule has 0 spiro atoms. The molecule has 2 rings (SSSR count). The summed E-state index contributed by atoms with van der Waals surface area (Å²) in [6.07, 6.45) is 0. The first-order chi connectivity index (χ1) is 11.3. The van der Waals surface area contributed by atoms with Gasteiger partial charge < -0.3 is 20.9 Å². The zero-order valence-corrected chi connectivity index (χ0v) is 13.1. The van der Waals surface area contributed by atoms with Gasteiger partial charge in [0.1, 0.15) is 24.0 Å². The summed E-state index contributed by atoms with van der Waals surface area (Å²) in [5.74, 6) is -1.29. The molecule has 0 radical (unpaired) electrons. The molecule has 5 nitrogen and oxygen atoms in total. The molecule has 4 N–H and O–H groups in total. The Morgan fingerprint density at radius 1 is 1.25 bits per heavy atom. The Morgan fingerprint density at radius 3 is 2.54 bits per heavy atom. The minimum Gasteiger partial charge on any atom is -0.490 e. The third-order valence-electron chi connectivity index (χ3n) is 3.35. The molecular weight excluding hydrogens is 318 g/mol. The van der Waals surface area contributed by atoms with Gasteiger partial charge in [-0.2, -0.15) is 0 Å². The molecule has 1 atom stereocenters. The van der Waals surface area contributed by atoms with Crippen molar-refractivity contribution >= 4 is 11.6 Å². The van der Waals surface area contributed by atoms with Crippen molar-refractivity contribution in [1.82, 2.24) is 0 Å². The van der Waals surface area contributed by atoms with Crippen LogP contribution in [0.2, 0.25) is 0 Å². The highest BCUT2D eigenvalue weighted by Gasteiger charge is 2.31. The molecule has 0 aliphatic rings. The van der Waals surface area contributed by atoms with Gasteiger partial charge in [-0.15, -0.1) is 0 Å². The van der Waals surface area contributed by atoms with Gasteiger partial charge in [0.2, 0.25) is 0 Å². The Kier molecular flexibility index (Phi) is 5.48. The predicted molar refractivity (Wildman–Crippen MR) is 85.4 cm³/mol. The van der Waals surface area contributed by atoms with Crippen LogP contribution >= 0.6 is 0 Å². The second-order valence-electron chi connectivity index (χ2n) is 5.48. The molecule has 2 aromatic rings. The van der Waals surface area contributed by atoms with Gasteiger partial charge in [-0.1, -0.05) is 0 Å². The van der Waals surface area contributed by atoms with E-state index in [1.165, 1.54) is 49.4 Å². The van der Waals surface area contributed by atoms with E-state index in [9.17, 15) is 18.7 Å². The highest BCUT2D eigenvalue weighted by atomic mass is 19.1. The number of anilines is 1. The summed E-state index contributed by atoms with van der Waals surface area (Å²) in [6, 6.07) is 9.12. The Labute approximate surface area is 138 Å². The Bertz CT molecular complexity index is 718. The highest BCUT2D eigenvalue weighted by Crippen LogP contribution is 2.18. The van der Waals surface area contributed by atoms with Crippen LogP contribution in [0.3, 0.4) is 0 Å². The summed E-state index contributed by atoms with van der Waals surface area (Å²) in [7, 11) is 0. The first kappa shape index (κ1) is 17.8. The lowest BCUT2D eigenvalue weighted by atomic mass is 10.1. The Morgan fingerprint density at radius 2 is 1.92 bits per heavy atom. The fraction of sp³-hybridized carbons (Fsp3) is 0.235. The van der Waals surface area contributed by atoms with Gasteiger partial charge in [-0.05, 0) is 49.4 Å². The minimum absolute atomic E-state index is 0.0143. The smallest absolute Gasteiger partial charge is 0.259 e. The molecule has 7 heteroatoms. The van der Waals surface area contributed by atoms with Crippen LogP contribution in [0.25, 0.3) is 0 Å². The molecular formula is C17H18F2N2O3. The molecule has 0 saturated carbocycles. The fourth-order valence-electron chi connectivity index (χ4n) is 1.89. The van der Waals surface area contributed by atoms with E-state index in [-0.39, 0.29) is 18.7 Å². The molecule has 2 aromatic carbocycles. The largest absolute Gasteiger partial charge is 0.490 e. The number of amides is 1. The zero-order chi connectivity index (χ0) is 17.7. The number of nitrogens with two attached hydrogens (primary N) is 1. The van der Waals surface area contributed by atoms with Gasteiger partial charge in [-0.3, -0.25) is 4.79 Å². The highest BCUT2D eigenvalue weighted by molar-refractivity contribution is 5.97. The molecule has 0 aliphatic heterocycles. The van der Waals surface area contributed by atoms with Crippen molar-refractivity contribution in [2.24, 2.45) is 5.73 Å². The van der Waals surface area contributed by atoms with E-state index in [0.717, 1.165) is 0 Å². The van der Waals surface area contributed by atoms with Crippen molar-refractivity contribution in [3.05, 3.63) is 59.7 Å². The lowest BCUT2D eigenvalue weighted by Crippen LogP contribution is -2.45. The molecule has 0 heterocycles. The minimum atomic E-state index is -1.84. The summed E-state index contributed by atoms with van der Waals surface area (Å²) < 4.78 is 31.5. The molecule has 24 heavy (non-hydrogen) atoms. The maximum Gasteiger partial charge on any atom is 0.259 e. The first-order valence-corrected chi connectivity index (χ1v) is 7.22. The standard InChI is InChI=1S/C17H18F2N2O3/c1-17(23,10-24-14-5-2-12(18)3-6-14)16(22)21-13-4-7-15(19)11(8-13)9-20/h2-8,23H,9-10,20H2,1H3,(H,21,22). The van der Waals surface area contributed by atoms with Gasteiger partial charge in [0.25, 0.3) is 5.91 Å². The Balaban J connectivity index is 2.00. The molecule has 0 saturated heterocycles. The monoisotopic (exact) mass is 336 g/mol. The number of ether oxygens (including phenoxy) is 1. The van der Waals surface area contributed by atoms with Crippen molar-refractivity contribution in [2.75, 3.05) is 11.9 Å². The number of halogens is 2. The summed E-state index contributed by atoms with van der Waals surface area (Å²) >= 11 is 0. The second-order valence-corrected chi connectivity index (χ2v) is 5.48. The van der Waals surface area contributed by atoms with Gasteiger partial charge in [0, 0.05) is 17.8 Å². The van der Waals surface area contributed by atoms with Crippen LogP contribution in [-0.2, 0) is 11.3 Å². The van der Waals surface area contributed by atoms with E-state index >= 15 is 0 Å². The summed E-state index contributed by atoms with van der Waals surface area (Å²) in [4.78, 5) is 12.2. The lowest BCUT2D eigenvalue weighted by Gasteiger charge is -2.22. The van der Waals surface area contributed by atoms with E-state index in [0.29, 0.717) is 11.4 Å². The number of benzene rings is 2. The number of carbonyl (C=O) groups is 1. The average Bonchev–Trinajstić information content (AvgIpc) is 2.56. The number of aliphatic hydroxyl groups is 1. The fourth-order valence-corrected chi connectivity index (χ4v) is 1.89. The first-order valence-electron chi connectivity index (χ1n) is 7.22. The summed E-state index contributed by atoms with van der Waals surface area (Å²) in [5.41, 5.74) is 4.12. The van der Waals surface area contributed by atoms with Crippen molar-refractivity contribution in [1.29, 1.82) is 0 Å². The van der Waals surface area contributed by atoms with Crippen molar-refractivity contribution in [3.63, 3.8) is 0 Å². The van der Waals surface area contributed by atoms with Crippen LogP contribution < -0.4 is 15.8 Å². The van der Waals surface area contributed by atoms with Gasteiger partial charge in [0.15, 0.2) is 5.60 Å². The normalized spacial score (nSPS) is 13.2. The molecule has 0 fully saturated rings. The van der Waals surface area contributed by atoms with E-state index in [2.05, 4.69) is 5.32 Å². The van der Waals surface area contributed by atoms with Gasteiger partial charge in [-0.25, -0.2) is 8.78 Å². The predicted octanol–water partition coefficient (Wildman–Crippen LogP) is 2.19. The summed E-state index contributed by atoms with van der Waals surface area (Å²) in [6.45, 7) is 0.925. The molecule has 0 aromatic heterocycles. The van der Waals surface area contributed by atoms with Crippen molar-refractivity contribution in [2.45, 2.75) is 19.1 Å². The maximum atomic E-state index is 13.4. The Hall–Kier alpha value is -2.51. The van der Waals surface area contributed by atoms with E-state index in [1.54, 1.807) is 0 Å². The molecule has 1 unspecified atom stereocenters. The topological polar surface area (TPSA) is 84.6 Å². The van der Waals surface area contributed by atoms with Crippen molar-refractivity contribution in [3.8, 4) is 5.75 Å². The van der Waals surface area contributed by atoms with Crippen molar-refractivity contribution < 1.29 is 23.4 Å². The molecule has 0 bridgehead atoms. The quantitative estimate of drug-likeness (QED) is 0.755. The maximum absolute atomic E-state index is 13.4. The molecule has 1 amide bonds. The van der Waals surface area contributed by atoms with Crippen LogP contribution in [0, 0.1) is 11.6 Å². The van der Waals surface area contributed by atoms with Crippen LogP contribution in [0.5, 0.6) is 5.75 Å². The second kappa shape index (κ2) is 7.37. The number of rotatable bonds is 6. The van der Waals surface area contributed by atoms with Crippen LogP contribution in [0.1, 0.15) is 12.5 Å². The number of nitrogens with one attached hydrogen (secondary N) is 1.